The summed E-state index contributed by atoms with van der Waals surface area (Å²) in [7, 11) is 0. The van der Waals surface area contributed by atoms with Crippen LogP contribution in [-0.2, 0) is 11.3 Å². The maximum atomic E-state index is 12.4. The average molecular weight is 244 g/mol. The highest BCUT2D eigenvalue weighted by molar-refractivity contribution is 5.89. The standard InChI is InChI=1S/C15H20N2O/c1-11-2-4-12(5-3-11)10-17(13-6-7-13)14(18)15(16)8-9-15/h2-5,13H,6-10,16H2,1H3. The van der Waals surface area contributed by atoms with Gasteiger partial charge >= 0.3 is 0 Å². The minimum atomic E-state index is -0.534. The fraction of sp³-hybridized carbons (Fsp3) is 0.533. The molecule has 2 saturated carbocycles. The van der Waals surface area contributed by atoms with E-state index in [1.54, 1.807) is 0 Å². The van der Waals surface area contributed by atoms with Gasteiger partial charge in [-0.05, 0) is 38.2 Å². The SMILES string of the molecule is Cc1ccc(CN(C(=O)C2(N)CC2)C2CC2)cc1. The van der Waals surface area contributed by atoms with Crippen LogP contribution in [-0.4, -0.2) is 22.4 Å². The van der Waals surface area contributed by atoms with Crippen LogP contribution in [0.4, 0.5) is 0 Å². The first-order valence-corrected chi connectivity index (χ1v) is 6.74. The van der Waals surface area contributed by atoms with Gasteiger partial charge in [-0.1, -0.05) is 29.8 Å². The van der Waals surface area contributed by atoms with Crippen LogP contribution in [0.3, 0.4) is 0 Å². The third-order valence-electron chi connectivity index (χ3n) is 3.94. The number of carbonyl (C=O) groups is 1. The second-order valence-corrected chi connectivity index (χ2v) is 5.81. The van der Waals surface area contributed by atoms with Crippen molar-refractivity contribution in [3.8, 4) is 0 Å². The van der Waals surface area contributed by atoms with Crippen molar-refractivity contribution in [3.63, 3.8) is 0 Å². The number of rotatable bonds is 4. The Morgan fingerprint density at radius 2 is 1.94 bits per heavy atom. The number of hydrogen-bond donors (Lipinski definition) is 1. The fourth-order valence-electron chi connectivity index (χ4n) is 2.28. The number of nitrogens with zero attached hydrogens (tertiary/aromatic N) is 1. The first-order chi connectivity index (χ1) is 8.58. The molecule has 2 aliphatic rings. The Kier molecular flexibility index (Phi) is 2.67. The highest BCUT2D eigenvalue weighted by Crippen LogP contribution is 2.38. The summed E-state index contributed by atoms with van der Waals surface area (Å²) in [6.45, 7) is 2.79. The molecule has 0 spiro atoms. The molecule has 1 aromatic rings. The number of amides is 1. The molecular weight excluding hydrogens is 224 g/mol. The summed E-state index contributed by atoms with van der Waals surface area (Å²) >= 11 is 0. The molecule has 0 saturated heterocycles. The summed E-state index contributed by atoms with van der Waals surface area (Å²) in [5, 5.41) is 0. The molecular formula is C15H20N2O. The van der Waals surface area contributed by atoms with Gasteiger partial charge in [-0.2, -0.15) is 0 Å². The maximum Gasteiger partial charge on any atom is 0.243 e. The Balaban J connectivity index is 1.74. The van der Waals surface area contributed by atoms with Gasteiger partial charge in [0.1, 0.15) is 0 Å². The van der Waals surface area contributed by atoms with E-state index in [9.17, 15) is 4.79 Å². The number of nitrogens with two attached hydrogens (primary N) is 1. The van der Waals surface area contributed by atoms with Gasteiger partial charge in [0.25, 0.3) is 0 Å². The van der Waals surface area contributed by atoms with Crippen molar-refractivity contribution in [1.29, 1.82) is 0 Å². The minimum absolute atomic E-state index is 0.158. The summed E-state index contributed by atoms with van der Waals surface area (Å²) in [4.78, 5) is 14.4. The summed E-state index contributed by atoms with van der Waals surface area (Å²) in [5.41, 5.74) is 7.96. The molecule has 2 aliphatic carbocycles. The Bertz CT molecular complexity index is 458. The van der Waals surface area contributed by atoms with Crippen molar-refractivity contribution in [1.82, 2.24) is 4.90 Å². The molecule has 0 aliphatic heterocycles. The molecule has 0 aromatic heterocycles. The summed E-state index contributed by atoms with van der Waals surface area (Å²) in [6, 6.07) is 8.84. The molecule has 2 fully saturated rings. The molecule has 96 valence electrons. The van der Waals surface area contributed by atoms with Crippen LogP contribution in [0.15, 0.2) is 24.3 Å². The molecule has 3 nitrogen and oxygen atoms in total. The van der Waals surface area contributed by atoms with Crippen LogP contribution >= 0.6 is 0 Å². The zero-order valence-electron chi connectivity index (χ0n) is 10.9. The second kappa shape index (κ2) is 4.09. The van der Waals surface area contributed by atoms with Crippen LogP contribution in [0.5, 0.6) is 0 Å². The first-order valence-electron chi connectivity index (χ1n) is 6.74. The average Bonchev–Trinajstić information content (AvgIpc) is 3.24. The van der Waals surface area contributed by atoms with Crippen molar-refractivity contribution < 1.29 is 4.79 Å². The van der Waals surface area contributed by atoms with E-state index in [-0.39, 0.29) is 5.91 Å². The van der Waals surface area contributed by atoms with Gasteiger partial charge in [-0.25, -0.2) is 0 Å². The zero-order chi connectivity index (χ0) is 12.8. The van der Waals surface area contributed by atoms with E-state index >= 15 is 0 Å². The normalized spacial score (nSPS) is 20.6. The highest BCUT2D eigenvalue weighted by Gasteiger charge is 2.50. The molecule has 3 rings (SSSR count). The van der Waals surface area contributed by atoms with Crippen molar-refractivity contribution in [2.75, 3.05) is 0 Å². The summed E-state index contributed by atoms with van der Waals surface area (Å²) in [6.07, 6.45) is 3.97. The minimum Gasteiger partial charge on any atom is -0.334 e. The van der Waals surface area contributed by atoms with Gasteiger partial charge in [0, 0.05) is 12.6 Å². The van der Waals surface area contributed by atoms with Crippen molar-refractivity contribution >= 4 is 5.91 Å². The summed E-state index contributed by atoms with van der Waals surface area (Å²) < 4.78 is 0. The Morgan fingerprint density at radius 1 is 1.33 bits per heavy atom. The Labute approximate surface area is 108 Å². The van der Waals surface area contributed by atoms with Crippen LogP contribution in [0.1, 0.15) is 36.8 Å². The molecule has 0 heterocycles. The highest BCUT2D eigenvalue weighted by atomic mass is 16.2. The van der Waals surface area contributed by atoms with E-state index in [4.69, 9.17) is 5.73 Å². The summed E-state index contributed by atoms with van der Waals surface area (Å²) in [5.74, 6) is 0.158. The molecule has 0 bridgehead atoms. The molecule has 1 amide bonds. The molecule has 0 atom stereocenters. The van der Waals surface area contributed by atoms with Crippen LogP contribution in [0, 0.1) is 6.92 Å². The monoisotopic (exact) mass is 244 g/mol. The third-order valence-corrected chi connectivity index (χ3v) is 3.94. The molecule has 1 aromatic carbocycles. The van der Waals surface area contributed by atoms with E-state index in [0.717, 1.165) is 25.7 Å². The quantitative estimate of drug-likeness (QED) is 0.880. The van der Waals surface area contributed by atoms with E-state index in [2.05, 4.69) is 31.2 Å². The van der Waals surface area contributed by atoms with Gasteiger partial charge in [0.05, 0.1) is 5.54 Å². The maximum absolute atomic E-state index is 12.4. The van der Waals surface area contributed by atoms with Crippen molar-refractivity contribution in [3.05, 3.63) is 35.4 Å². The number of aryl methyl sites for hydroxylation is 1. The Hall–Kier alpha value is -1.35. The lowest BCUT2D eigenvalue weighted by Crippen LogP contribution is -2.46. The second-order valence-electron chi connectivity index (χ2n) is 5.81. The van der Waals surface area contributed by atoms with Crippen LogP contribution in [0.2, 0.25) is 0 Å². The topological polar surface area (TPSA) is 46.3 Å². The first kappa shape index (κ1) is 11.7. The third kappa shape index (κ3) is 2.27. The van der Waals surface area contributed by atoms with Crippen molar-refractivity contribution in [2.24, 2.45) is 5.73 Å². The predicted octanol–water partition coefficient (Wildman–Crippen LogP) is 1.98. The molecule has 18 heavy (non-hydrogen) atoms. The smallest absolute Gasteiger partial charge is 0.243 e. The van der Waals surface area contributed by atoms with Gasteiger partial charge in [-0.15, -0.1) is 0 Å². The van der Waals surface area contributed by atoms with Gasteiger partial charge in [0.2, 0.25) is 5.91 Å². The van der Waals surface area contributed by atoms with Crippen LogP contribution in [0.25, 0.3) is 0 Å². The van der Waals surface area contributed by atoms with Gasteiger partial charge in [-0.3, -0.25) is 4.79 Å². The number of carbonyl (C=O) groups excluding carboxylic acids is 1. The number of hydrogen-bond acceptors (Lipinski definition) is 2. The molecule has 0 unspecified atom stereocenters. The largest absolute Gasteiger partial charge is 0.334 e. The molecule has 0 radical (unpaired) electrons. The van der Waals surface area contributed by atoms with E-state index < -0.39 is 5.54 Å². The van der Waals surface area contributed by atoms with Gasteiger partial charge < -0.3 is 10.6 Å². The van der Waals surface area contributed by atoms with Gasteiger partial charge in [0.15, 0.2) is 0 Å². The lowest BCUT2D eigenvalue weighted by atomic mass is 10.1. The van der Waals surface area contributed by atoms with E-state index in [1.165, 1.54) is 11.1 Å². The zero-order valence-corrected chi connectivity index (χ0v) is 10.9. The van der Waals surface area contributed by atoms with Crippen molar-refractivity contribution in [2.45, 2.75) is 50.7 Å². The van der Waals surface area contributed by atoms with Crippen LogP contribution < -0.4 is 5.73 Å². The molecule has 2 N–H and O–H groups in total. The lowest BCUT2D eigenvalue weighted by molar-refractivity contribution is -0.134. The predicted molar refractivity (Wildman–Crippen MR) is 70.9 cm³/mol. The fourth-order valence-corrected chi connectivity index (χ4v) is 2.28. The molecule has 3 heteroatoms. The Morgan fingerprint density at radius 3 is 2.44 bits per heavy atom. The number of benzene rings is 1. The van der Waals surface area contributed by atoms with E-state index in [0.29, 0.717) is 12.6 Å². The lowest BCUT2D eigenvalue weighted by Gasteiger charge is -2.25. The van der Waals surface area contributed by atoms with E-state index in [1.807, 2.05) is 4.90 Å².